The van der Waals surface area contributed by atoms with Crippen LogP contribution in [0.2, 0.25) is 0 Å². The van der Waals surface area contributed by atoms with E-state index in [0.717, 1.165) is 5.56 Å². The van der Waals surface area contributed by atoms with Crippen LogP contribution in [-0.4, -0.2) is 19.3 Å². The number of fused-ring (bicyclic) bond motifs is 1. The fraction of sp³-hybridized carbons (Fsp3) is 0.250. The molecular formula is C16H16FNO2S. The van der Waals surface area contributed by atoms with Gasteiger partial charge in [0, 0.05) is 12.6 Å². The molecule has 1 aliphatic heterocycles. The van der Waals surface area contributed by atoms with E-state index in [1.165, 1.54) is 34.1 Å². The number of sulfonamides is 1. The Balaban J connectivity index is 1.99. The second-order valence-electron chi connectivity index (χ2n) is 5.19. The van der Waals surface area contributed by atoms with Crippen molar-refractivity contribution in [3.8, 4) is 0 Å². The molecule has 1 heterocycles. The van der Waals surface area contributed by atoms with Crippen LogP contribution in [0.15, 0.2) is 53.4 Å². The second-order valence-corrected chi connectivity index (χ2v) is 7.09. The number of rotatable bonds is 2. The third-order valence-corrected chi connectivity index (χ3v) is 5.94. The predicted octanol–water partition coefficient (Wildman–Crippen LogP) is 3.13. The molecule has 0 amide bonds. The molecule has 0 aliphatic carbocycles. The normalized spacial score (nSPS) is 19.2. The number of halogens is 1. The maximum absolute atomic E-state index is 13.0. The first kappa shape index (κ1) is 14.2. The molecule has 0 spiro atoms. The zero-order valence-corrected chi connectivity index (χ0v) is 12.5. The summed E-state index contributed by atoms with van der Waals surface area (Å²) in [4.78, 5) is 0.134. The summed E-state index contributed by atoms with van der Waals surface area (Å²) in [5, 5.41) is 0. The van der Waals surface area contributed by atoms with E-state index in [-0.39, 0.29) is 10.9 Å². The van der Waals surface area contributed by atoms with Gasteiger partial charge in [0.25, 0.3) is 0 Å². The van der Waals surface area contributed by atoms with Gasteiger partial charge >= 0.3 is 0 Å². The Morgan fingerprint density at radius 2 is 1.76 bits per heavy atom. The fourth-order valence-corrected chi connectivity index (χ4v) is 4.43. The van der Waals surface area contributed by atoms with Crippen molar-refractivity contribution in [2.45, 2.75) is 24.3 Å². The molecule has 0 saturated heterocycles. The van der Waals surface area contributed by atoms with Gasteiger partial charge in [0.15, 0.2) is 0 Å². The molecule has 2 aromatic rings. The smallest absolute Gasteiger partial charge is 0.207 e. The summed E-state index contributed by atoms with van der Waals surface area (Å²) in [5.74, 6) is -0.439. The summed E-state index contributed by atoms with van der Waals surface area (Å²) in [6, 6.07) is 12.7. The maximum atomic E-state index is 13.0. The maximum Gasteiger partial charge on any atom is 0.243 e. The van der Waals surface area contributed by atoms with Crippen molar-refractivity contribution in [2.75, 3.05) is 6.54 Å². The highest BCUT2D eigenvalue weighted by Gasteiger charge is 2.33. The Labute approximate surface area is 124 Å². The van der Waals surface area contributed by atoms with Crippen LogP contribution in [0.3, 0.4) is 0 Å². The van der Waals surface area contributed by atoms with E-state index in [0.29, 0.717) is 13.0 Å². The van der Waals surface area contributed by atoms with Crippen molar-refractivity contribution in [2.24, 2.45) is 0 Å². The van der Waals surface area contributed by atoms with Crippen molar-refractivity contribution >= 4 is 10.0 Å². The zero-order valence-electron chi connectivity index (χ0n) is 11.7. The van der Waals surface area contributed by atoms with Gasteiger partial charge in [0.1, 0.15) is 5.82 Å². The molecular weight excluding hydrogens is 289 g/mol. The highest BCUT2D eigenvalue weighted by Crippen LogP contribution is 2.33. The lowest BCUT2D eigenvalue weighted by Gasteiger charge is -2.34. The SMILES string of the molecule is CC1c2ccccc2CCN1S(=O)(=O)c1ccc(F)cc1. The first-order valence-corrected chi connectivity index (χ1v) is 8.29. The number of nitrogens with zero attached hydrogens (tertiary/aromatic N) is 1. The average molecular weight is 305 g/mol. The molecule has 3 rings (SSSR count). The minimum absolute atomic E-state index is 0.134. The molecule has 2 aromatic carbocycles. The predicted molar refractivity (Wildman–Crippen MR) is 78.9 cm³/mol. The van der Waals surface area contributed by atoms with Gasteiger partial charge in [-0.1, -0.05) is 24.3 Å². The van der Waals surface area contributed by atoms with Crippen LogP contribution >= 0.6 is 0 Å². The lowest BCUT2D eigenvalue weighted by molar-refractivity contribution is 0.326. The third-order valence-electron chi connectivity index (χ3n) is 3.96. The topological polar surface area (TPSA) is 37.4 Å². The van der Waals surface area contributed by atoms with E-state index >= 15 is 0 Å². The van der Waals surface area contributed by atoms with Crippen molar-refractivity contribution < 1.29 is 12.8 Å². The monoisotopic (exact) mass is 305 g/mol. The third kappa shape index (κ3) is 2.47. The summed E-state index contributed by atoms with van der Waals surface area (Å²) >= 11 is 0. The Kier molecular flexibility index (Phi) is 3.55. The Morgan fingerprint density at radius 3 is 2.48 bits per heavy atom. The van der Waals surface area contributed by atoms with E-state index in [1.54, 1.807) is 0 Å². The number of hydrogen-bond acceptors (Lipinski definition) is 2. The highest BCUT2D eigenvalue weighted by atomic mass is 32.2. The molecule has 1 aliphatic rings. The van der Waals surface area contributed by atoms with Crippen LogP contribution in [0.1, 0.15) is 24.1 Å². The van der Waals surface area contributed by atoms with Gasteiger partial charge in [0.05, 0.1) is 4.90 Å². The number of benzene rings is 2. The van der Waals surface area contributed by atoms with Crippen LogP contribution in [0, 0.1) is 5.82 Å². The molecule has 21 heavy (non-hydrogen) atoms. The van der Waals surface area contributed by atoms with Gasteiger partial charge in [-0.25, -0.2) is 12.8 Å². The van der Waals surface area contributed by atoms with Crippen molar-refractivity contribution in [1.29, 1.82) is 0 Å². The molecule has 3 nitrogen and oxygen atoms in total. The van der Waals surface area contributed by atoms with Gasteiger partial charge in [-0.05, 0) is 48.7 Å². The van der Waals surface area contributed by atoms with Crippen LogP contribution in [0.5, 0.6) is 0 Å². The first-order valence-electron chi connectivity index (χ1n) is 6.85. The molecule has 0 aromatic heterocycles. The Hall–Kier alpha value is -1.72. The molecule has 0 saturated carbocycles. The van der Waals surface area contributed by atoms with E-state index in [1.807, 2.05) is 31.2 Å². The van der Waals surface area contributed by atoms with Gasteiger partial charge in [-0.3, -0.25) is 0 Å². The van der Waals surface area contributed by atoms with Crippen molar-refractivity contribution in [1.82, 2.24) is 4.31 Å². The quantitative estimate of drug-likeness (QED) is 0.855. The van der Waals surface area contributed by atoms with Crippen LogP contribution < -0.4 is 0 Å². The summed E-state index contributed by atoms with van der Waals surface area (Å²) in [6.07, 6.45) is 0.695. The Bertz CT molecular complexity index is 756. The van der Waals surface area contributed by atoms with Crippen LogP contribution in [0.25, 0.3) is 0 Å². The highest BCUT2D eigenvalue weighted by molar-refractivity contribution is 7.89. The molecule has 1 atom stereocenters. The zero-order chi connectivity index (χ0) is 15.0. The van der Waals surface area contributed by atoms with Gasteiger partial charge in [-0.2, -0.15) is 4.31 Å². The largest absolute Gasteiger partial charge is 0.243 e. The second kappa shape index (κ2) is 5.24. The van der Waals surface area contributed by atoms with Crippen LogP contribution in [0.4, 0.5) is 4.39 Å². The van der Waals surface area contributed by atoms with Crippen molar-refractivity contribution in [3.63, 3.8) is 0 Å². The van der Waals surface area contributed by atoms with E-state index < -0.39 is 15.8 Å². The minimum atomic E-state index is -3.60. The molecule has 0 bridgehead atoms. The lowest BCUT2D eigenvalue weighted by atomic mass is 9.96. The fourth-order valence-electron chi connectivity index (χ4n) is 2.82. The summed E-state index contributed by atoms with van der Waals surface area (Å²) < 4.78 is 39.9. The standard InChI is InChI=1S/C16H16FNO2S/c1-12-16-5-3-2-4-13(16)10-11-18(12)21(19,20)15-8-6-14(17)7-9-15/h2-9,12H,10-11H2,1H3. The van der Waals surface area contributed by atoms with E-state index in [4.69, 9.17) is 0 Å². The van der Waals surface area contributed by atoms with Gasteiger partial charge in [-0.15, -0.1) is 0 Å². The lowest BCUT2D eigenvalue weighted by Crippen LogP contribution is -2.38. The molecule has 110 valence electrons. The van der Waals surface area contributed by atoms with Crippen molar-refractivity contribution in [3.05, 3.63) is 65.5 Å². The van der Waals surface area contributed by atoms with Crippen LogP contribution in [-0.2, 0) is 16.4 Å². The average Bonchev–Trinajstić information content (AvgIpc) is 2.48. The molecule has 0 N–H and O–H groups in total. The van der Waals surface area contributed by atoms with Gasteiger partial charge < -0.3 is 0 Å². The molecule has 5 heteroatoms. The minimum Gasteiger partial charge on any atom is -0.207 e. The van der Waals surface area contributed by atoms with E-state index in [2.05, 4.69) is 0 Å². The molecule has 0 fully saturated rings. The number of hydrogen-bond donors (Lipinski definition) is 0. The molecule has 1 unspecified atom stereocenters. The van der Waals surface area contributed by atoms with E-state index in [9.17, 15) is 12.8 Å². The summed E-state index contributed by atoms with van der Waals surface area (Å²) in [7, 11) is -3.60. The summed E-state index contributed by atoms with van der Waals surface area (Å²) in [6.45, 7) is 2.33. The summed E-state index contributed by atoms with van der Waals surface area (Å²) in [5.41, 5.74) is 2.23. The first-order chi connectivity index (χ1) is 10.00. The Morgan fingerprint density at radius 1 is 1.10 bits per heavy atom. The van der Waals surface area contributed by atoms with Gasteiger partial charge in [0.2, 0.25) is 10.0 Å². The molecule has 0 radical (unpaired) electrons.